The summed E-state index contributed by atoms with van der Waals surface area (Å²) >= 11 is 0. The molecule has 0 aromatic heterocycles. The van der Waals surface area contributed by atoms with Crippen LogP contribution in [0.4, 0.5) is 5.69 Å². The van der Waals surface area contributed by atoms with Gasteiger partial charge in [0.2, 0.25) is 0 Å². The maximum atomic E-state index is 2.42. The maximum absolute atomic E-state index is 2.42. The van der Waals surface area contributed by atoms with Crippen LogP contribution in [0.15, 0.2) is 60.7 Å². The first-order chi connectivity index (χ1) is 10.2. The third kappa shape index (κ3) is 4.49. The molecule has 0 aliphatic heterocycles. The van der Waals surface area contributed by atoms with Crippen molar-refractivity contribution in [3.05, 3.63) is 77.4 Å². The molecule has 0 aliphatic rings. The van der Waals surface area contributed by atoms with Gasteiger partial charge in [-0.3, -0.25) is 0 Å². The zero-order valence-electron chi connectivity index (χ0n) is 13.3. The molecule has 0 heterocycles. The van der Waals surface area contributed by atoms with Gasteiger partial charge in [0.25, 0.3) is 0 Å². The van der Waals surface area contributed by atoms with Crippen molar-refractivity contribution in [1.82, 2.24) is 0 Å². The molecule has 2 rings (SSSR count). The average Bonchev–Trinajstić information content (AvgIpc) is 2.52. The van der Waals surface area contributed by atoms with Gasteiger partial charge in [0.1, 0.15) is 0 Å². The van der Waals surface area contributed by atoms with Crippen LogP contribution in [0.25, 0.3) is 0 Å². The van der Waals surface area contributed by atoms with E-state index in [1.165, 1.54) is 22.4 Å². The molecule has 0 bridgehead atoms. The van der Waals surface area contributed by atoms with E-state index in [1.54, 1.807) is 0 Å². The van der Waals surface area contributed by atoms with Crippen molar-refractivity contribution in [2.24, 2.45) is 0 Å². The van der Waals surface area contributed by atoms with Crippen LogP contribution in [0.1, 0.15) is 30.5 Å². The Labute approximate surface area is 128 Å². The quantitative estimate of drug-likeness (QED) is 0.662. The first-order valence-corrected chi connectivity index (χ1v) is 7.73. The molecule has 1 nitrogen and oxygen atoms in total. The van der Waals surface area contributed by atoms with Crippen LogP contribution in [0, 0.1) is 6.92 Å². The van der Waals surface area contributed by atoms with Crippen LogP contribution in [0.2, 0.25) is 0 Å². The summed E-state index contributed by atoms with van der Waals surface area (Å²) in [5.41, 5.74) is 5.35. The fourth-order valence-corrected chi connectivity index (χ4v) is 2.43. The third-order valence-corrected chi connectivity index (χ3v) is 3.74. The van der Waals surface area contributed by atoms with E-state index in [4.69, 9.17) is 0 Å². The Kier molecular flexibility index (Phi) is 5.62. The molecule has 0 atom stereocenters. The van der Waals surface area contributed by atoms with E-state index in [2.05, 4.69) is 86.4 Å². The van der Waals surface area contributed by atoms with Gasteiger partial charge >= 0.3 is 0 Å². The largest absolute Gasteiger partial charge is 0.367 e. The first kappa shape index (κ1) is 15.4. The van der Waals surface area contributed by atoms with Gasteiger partial charge in [0, 0.05) is 18.8 Å². The SMILES string of the molecule is CC=CCc1cccc(N(CC)Cc2ccc(C)cc2)c1. The molecule has 0 saturated heterocycles. The molecule has 0 saturated carbocycles. The third-order valence-electron chi connectivity index (χ3n) is 3.74. The Balaban J connectivity index is 2.14. The number of aryl methyl sites for hydroxylation is 1. The molecular formula is C20H25N. The second-order valence-electron chi connectivity index (χ2n) is 5.44. The lowest BCUT2D eigenvalue weighted by molar-refractivity contribution is 0.830. The molecule has 110 valence electrons. The van der Waals surface area contributed by atoms with Crippen LogP contribution in [0.5, 0.6) is 0 Å². The smallest absolute Gasteiger partial charge is 0.0429 e. The van der Waals surface area contributed by atoms with E-state index in [-0.39, 0.29) is 0 Å². The van der Waals surface area contributed by atoms with Gasteiger partial charge in [-0.05, 0) is 50.5 Å². The second kappa shape index (κ2) is 7.68. The monoisotopic (exact) mass is 279 g/mol. The molecule has 0 N–H and O–H groups in total. The highest BCUT2D eigenvalue weighted by Gasteiger charge is 2.06. The van der Waals surface area contributed by atoms with Crippen LogP contribution in [-0.4, -0.2) is 6.54 Å². The zero-order chi connectivity index (χ0) is 15.1. The van der Waals surface area contributed by atoms with Crippen LogP contribution in [-0.2, 0) is 13.0 Å². The summed E-state index contributed by atoms with van der Waals surface area (Å²) in [7, 11) is 0. The maximum Gasteiger partial charge on any atom is 0.0429 e. The van der Waals surface area contributed by atoms with E-state index in [1.807, 2.05) is 0 Å². The van der Waals surface area contributed by atoms with E-state index in [0.717, 1.165) is 19.5 Å². The highest BCUT2D eigenvalue weighted by atomic mass is 15.1. The van der Waals surface area contributed by atoms with Gasteiger partial charge in [0.05, 0.1) is 0 Å². The highest BCUT2D eigenvalue weighted by Crippen LogP contribution is 2.19. The fraction of sp³-hybridized carbons (Fsp3) is 0.300. The fourth-order valence-electron chi connectivity index (χ4n) is 2.43. The molecule has 0 aliphatic carbocycles. The van der Waals surface area contributed by atoms with Crippen molar-refractivity contribution in [3.8, 4) is 0 Å². The number of rotatable bonds is 6. The molecule has 21 heavy (non-hydrogen) atoms. The lowest BCUT2D eigenvalue weighted by Gasteiger charge is -2.24. The Morgan fingerprint density at radius 1 is 1.00 bits per heavy atom. The number of hydrogen-bond acceptors (Lipinski definition) is 1. The van der Waals surface area contributed by atoms with E-state index in [0.29, 0.717) is 0 Å². The van der Waals surface area contributed by atoms with Gasteiger partial charge in [-0.15, -0.1) is 0 Å². The Morgan fingerprint density at radius 3 is 2.43 bits per heavy atom. The Hall–Kier alpha value is -2.02. The minimum absolute atomic E-state index is 0.962. The predicted octanol–water partition coefficient (Wildman–Crippen LogP) is 5.14. The molecular weight excluding hydrogens is 254 g/mol. The lowest BCUT2D eigenvalue weighted by Crippen LogP contribution is -2.22. The van der Waals surface area contributed by atoms with Crippen molar-refractivity contribution in [2.75, 3.05) is 11.4 Å². The average molecular weight is 279 g/mol. The molecule has 0 radical (unpaired) electrons. The van der Waals surface area contributed by atoms with Crippen LogP contribution in [0.3, 0.4) is 0 Å². The number of benzene rings is 2. The van der Waals surface area contributed by atoms with Gasteiger partial charge < -0.3 is 4.90 Å². The van der Waals surface area contributed by atoms with Crippen molar-refractivity contribution in [2.45, 2.75) is 33.7 Å². The van der Waals surface area contributed by atoms with Crippen molar-refractivity contribution < 1.29 is 0 Å². The molecule has 0 fully saturated rings. The minimum atomic E-state index is 0.962. The summed E-state index contributed by atoms with van der Waals surface area (Å²) in [5, 5.41) is 0. The zero-order valence-corrected chi connectivity index (χ0v) is 13.3. The summed E-state index contributed by atoms with van der Waals surface area (Å²) in [6.45, 7) is 8.39. The van der Waals surface area contributed by atoms with E-state index in [9.17, 15) is 0 Å². The lowest BCUT2D eigenvalue weighted by atomic mass is 10.1. The normalized spacial score (nSPS) is 11.0. The molecule has 0 amide bonds. The molecule has 2 aromatic carbocycles. The molecule has 2 aromatic rings. The van der Waals surface area contributed by atoms with E-state index < -0.39 is 0 Å². The van der Waals surface area contributed by atoms with Crippen LogP contribution < -0.4 is 4.90 Å². The van der Waals surface area contributed by atoms with Crippen molar-refractivity contribution >= 4 is 5.69 Å². The number of allylic oxidation sites excluding steroid dienone is 2. The number of nitrogens with zero attached hydrogens (tertiary/aromatic N) is 1. The number of hydrogen-bond donors (Lipinski definition) is 0. The van der Waals surface area contributed by atoms with Gasteiger partial charge in [0.15, 0.2) is 0 Å². The minimum Gasteiger partial charge on any atom is -0.367 e. The molecule has 0 unspecified atom stereocenters. The van der Waals surface area contributed by atoms with Gasteiger partial charge in [-0.1, -0.05) is 54.1 Å². The Bertz CT molecular complexity index is 581. The standard InChI is InChI=1S/C20H25N/c1-4-6-8-18-9-7-10-20(15-18)21(5-2)16-19-13-11-17(3)12-14-19/h4,6-7,9-15H,5,8,16H2,1-3H3. The highest BCUT2D eigenvalue weighted by molar-refractivity contribution is 5.49. The molecule has 1 heteroatoms. The molecule has 0 spiro atoms. The van der Waals surface area contributed by atoms with Crippen molar-refractivity contribution in [3.63, 3.8) is 0 Å². The van der Waals surface area contributed by atoms with Gasteiger partial charge in [-0.2, -0.15) is 0 Å². The van der Waals surface area contributed by atoms with Gasteiger partial charge in [-0.25, -0.2) is 0 Å². The summed E-state index contributed by atoms with van der Waals surface area (Å²) in [6.07, 6.45) is 5.32. The van der Waals surface area contributed by atoms with Crippen LogP contribution >= 0.6 is 0 Å². The second-order valence-corrected chi connectivity index (χ2v) is 5.44. The summed E-state index contributed by atoms with van der Waals surface area (Å²) in [5.74, 6) is 0. The summed E-state index contributed by atoms with van der Waals surface area (Å²) < 4.78 is 0. The first-order valence-electron chi connectivity index (χ1n) is 7.73. The summed E-state index contributed by atoms with van der Waals surface area (Å²) in [6, 6.07) is 17.7. The Morgan fingerprint density at radius 2 is 1.76 bits per heavy atom. The summed E-state index contributed by atoms with van der Waals surface area (Å²) in [4.78, 5) is 2.42. The van der Waals surface area contributed by atoms with Crippen molar-refractivity contribution in [1.29, 1.82) is 0 Å². The number of anilines is 1. The predicted molar refractivity (Wildman–Crippen MR) is 92.9 cm³/mol. The van der Waals surface area contributed by atoms with E-state index >= 15 is 0 Å². The topological polar surface area (TPSA) is 3.24 Å².